The summed E-state index contributed by atoms with van der Waals surface area (Å²) in [5.41, 5.74) is 6.02. The lowest BCUT2D eigenvalue weighted by molar-refractivity contribution is -0.117. The van der Waals surface area contributed by atoms with Crippen molar-refractivity contribution in [2.75, 3.05) is 19.0 Å². The summed E-state index contributed by atoms with van der Waals surface area (Å²) in [6, 6.07) is 21.2. The minimum absolute atomic E-state index is 0.0343. The van der Waals surface area contributed by atoms with Gasteiger partial charge >= 0.3 is 0 Å². The van der Waals surface area contributed by atoms with E-state index in [0.717, 1.165) is 16.8 Å². The average Bonchev–Trinajstić information content (AvgIpc) is 2.81. The zero-order valence-electron chi connectivity index (χ0n) is 18.7. The molecule has 0 aliphatic carbocycles. The van der Waals surface area contributed by atoms with E-state index in [0.29, 0.717) is 11.1 Å². The van der Waals surface area contributed by atoms with Crippen molar-refractivity contribution in [1.29, 1.82) is 0 Å². The predicted molar refractivity (Wildman–Crippen MR) is 131 cm³/mol. The number of rotatable bonds is 7. The fourth-order valence-corrected chi connectivity index (χ4v) is 2.98. The maximum absolute atomic E-state index is 12.9. The van der Waals surface area contributed by atoms with Gasteiger partial charge in [-0.3, -0.25) is 9.59 Å². The summed E-state index contributed by atoms with van der Waals surface area (Å²) >= 11 is 0. The van der Waals surface area contributed by atoms with Crippen molar-refractivity contribution in [2.24, 2.45) is 5.10 Å². The van der Waals surface area contributed by atoms with Crippen molar-refractivity contribution in [3.8, 4) is 5.75 Å². The number of benzene rings is 3. The molecule has 3 aromatic carbocycles. The van der Waals surface area contributed by atoms with E-state index in [1.54, 1.807) is 48.5 Å². The highest BCUT2D eigenvalue weighted by molar-refractivity contribution is 6.05. The molecule has 3 aromatic rings. The molecule has 168 valence electrons. The molecule has 0 aliphatic heterocycles. The van der Waals surface area contributed by atoms with Crippen LogP contribution in [0.4, 0.5) is 5.69 Å². The number of aryl methyl sites for hydroxylation is 1. The quantitative estimate of drug-likeness (QED) is 0.296. The molecule has 0 bridgehead atoms. The molecule has 0 spiro atoms. The second kappa shape index (κ2) is 10.8. The molecule has 7 heteroatoms. The fraction of sp³-hybridized carbons (Fsp3) is 0.115. The number of amides is 2. The van der Waals surface area contributed by atoms with E-state index in [-0.39, 0.29) is 11.4 Å². The smallest absolute Gasteiger partial charge is 0.287 e. The third-order valence-corrected chi connectivity index (χ3v) is 4.80. The largest absolute Gasteiger partial charge is 0.507 e. The van der Waals surface area contributed by atoms with Crippen LogP contribution in [0.1, 0.15) is 27.0 Å². The topological polar surface area (TPSA) is 94.0 Å². The van der Waals surface area contributed by atoms with Crippen molar-refractivity contribution in [3.63, 3.8) is 0 Å². The van der Waals surface area contributed by atoms with Gasteiger partial charge in [-0.25, -0.2) is 5.43 Å². The van der Waals surface area contributed by atoms with Crippen LogP contribution >= 0.6 is 0 Å². The highest BCUT2D eigenvalue weighted by atomic mass is 16.3. The third kappa shape index (κ3) is 6.54. The van der Waals surface area contributed by atoms with Crippen molar-refractivity contribution >= 4 is 29.8 Å². The number of nitrogens with one attached hydrogen (secondary N) is 2. The summed E-state index contributed by atoms with van der Waals surface area (Å²) in [4.78, 5) is 27.5. The lowest BCUT2D eigenvalue weighted by Crippen LogP contribution is -2.32. The first-order valence-electron chi connectivity index (χ1n) is 10.3. The van der Waals surface area contributed by atoms with Gasteiger partial charge in [0.1, 0.15) is 11.4 Å². The molecular weight excluding hydrogens is 416 g/mol. The minimum atomic E-state index is -0.598. The fourth-order valence-electron chi connectivity index (χ4n) is 2.98. The Kier molecular flexibility index (Phi) is 7.60. The Labute approximate surface area is 193 Å². The maximum Gasteiger partial charge on any atom is 0.287 e. The Morgan fingerprint density at radius 1 is 0.970 bits per heavy atom. The van der Waals surface area contributed by atoms with Crippen LogP contribution in [0.3, 0.4) is 0 Å². The molecule has 33 heavy (non-hydrogen) atoms. The summed E-state index contributed by atoms with van der Waals surface area (Å²) in [6.07, 6.45) is 2.93. The average molecular weight is 443 g/mol. The first kappa shape index (κ1) is 23.3. The Hall–Kier alpha value is -4.39. The van der Waals surface area contributed by atoms with Gasteiger partial charge < -0.3 is 15.3 Å². The number of hydrazone groups is 1. The summed E-state index contributed by atoms with van der Waals surface area (Å²) < 4.78 is 0. The summed E-state index contributed by atoms with van der Waals surface area (Å²) in [7, 11) is 3.88. The van der Waals surface area contributed by atoms with E-state index in [2.05, 4.69) is 15.8 Å². The van der Waals surface area contributed by atoms with Crippen molar-refractivity contribution in [3.05, 3.63) is 101 Å². The lowest BCUT2D eigenvalue weighted by atomic mass is 10.1. The first-order chi connectivity index (χ1) is 15.8. The summed E-state index contributed by atoms with van der Waals surface area (Å²) in [5, 5.41) is 16.5. The highest BCUT2D eigenvalue weighted by Gasteiger charge is 2.14. The second-order valence-electron chi connectivity index (χ2n) is 7.63. The van der Waals surface area contributed by atoms with Crippen LogP contribution in [0.2, 0.25) is 0 Å². The Balaban J connectivity index is 1.83. The van der Waals surface area contributed by atoms with E-state index in [4.69, 9.17) is 0 Å². The summed E-state index contributed by atoms with van der Waals surface area (Å²) in [6.45, 7) is 1.89. The first-order valence-corrected chi connectivity index (χ1v) is 10.3. The number of hydrogen-bond acceptors (Lipinski definition) is 5. The van der Waals surface area contributed by atoms with Crippen LogP contribution in [-0.2, 0) is 4.79 Å². The van der Waals surface area contributed by atoms with E-state index in [1.165, 1.54) is 6.21 Å². The zero-order valence-corrected chi connectivity index (χ0v) is 18.7. The van der Waals surface area contributed by atoms with E-state index < -0.39 is 11.8 Å². The monoisotopic (exact) mass is 442 g/mol. The van der Waals surface area contributed by atoms with Crippen LogP contribution < -0.4 is 15.6 Å². The van der Waals surface area contributed by atoms with E-state index >= 15 is 0 Å². The predicted octanol–water partition coefficient (Wildman–Crippen LogP) is 3.69. The van der Waals surface area contributed by atoms with Crippen LogP contribution in [0.5, 0.6) is 5.75 Å². The summed E-state index contributed by atoms with van der Waals surface area (Å²) in [5.74, 6) is -0.964. The molecule has 0 atom stereocenters. The molecule has 3 rings (SSSR count). The van der Waals surface area contributed by atoms with Crippen LogP contribution in [-0.4, -0.2) is 37.2 Å². The molecule has 2 amide bonds. The molecule has 0 aromatic heterocycles. The highest BCUT2D eigenvalue weighted by Crippen LogP contribution is 2.16. The zero-order chi connectivity index (χ0) is 23.8. The van der Waals surface area contributed by atoms with Gasteiger partial charge in [-0.05, 0) is 55.0 Å². The number of hydrogen-bond donors (Lipinski definition) is 3. The molecule has 7 nitrogen and oxygen atoms in total. The van der Waals surface area contributed by atoms with Gasteiger partial charge in [0.15, 0.2) is 0 Å². The van der Waals surface area contributed by atoms with Gasteiger partial charge in [-0.15, -0.1) is 0 Å². The molecule has 0 heterocycles. The molecule has 0 radical (unpaired) electrons. The Morgan fingerprint density at radius 2 is 1.67 bits per heavy atom. The van der Waals surface area contributed by atoms with Gasteiger partial charge in [0.05, 0.1) is 6.21 Å². The van der Waals surface area contributed by atoms with Crippen LogP contribution in [0.25, 0.3) is 6.08 Å². The maximum atomic E-state index is 12.9. The Bertz CT molecular complexity index is 1180. The number of aromatic hydroxyl groups is 1. The minimum Gasteiger partial charge on any atom is -0.507 e. The van der Waals surface area contributed by atoms with Gasteiger partial charge in [0.2, 0.25) is 0 Å². The SMILES string of the molecule is Cc1ccc(O)c(/C=N/NC(=O)C(=Cc2ccc(N(C)C)cc2)NC(=O)c2ccccc2)c1. The van der Waals surface area contributed by atoms with Crippen LogP contribution in [0.15, 0.2) is 83.6 Å². The molecule has 3 N–H and O–H groups in total. The lowest BCUT2D eigenvalue weighted by Gasteiger charge is -2.12. The molecule has 0 saturated heterocycles. The molecule has 0 fully saturated rings. The van der Waals surface area contributed by atoms with Crippen molar-refractivity contribution in [2.45, 2.75) is 6.92 Å². The molecule has 0 unspecified atom stereocenters. The number of nitrogens with zero attached hydrogens (tertiary/aromatic N) is 2. The number of phenols is 1. The van der Waals surface area contributed by atoms with Crippen molar-refractivity contribution in [1.82, 2.24) is 10.7 Å². The molecular formula is C26H26N4O3. The van der Waals surface area contributed by atoms with Gasteiger partial charge in [0.25, 0.3) is 11.8 Å². The number of carbonyl (C=O) groups is 2. The van der Waals surface area contributed by atoms with Gasteiger partial charge in [-0.1, -0.05) is 42.0 Å². The molecule has 0 aliphatic rings. The van der Waals surface area contributed by atoms with Crippen molar-refractivity contribution < 1.29 is 14.7 Å². The third-order valence-electron chi connectivity index (χ3n) is 4.80. The number of anilines is 1. The molecule has 0 saturated carbocycles. The van der Waals surface area contributed by atoms with E-state index in [1.807, 2.05) is 56.3 Å². The van der Waals surface area contributed by atoms with Gasteiger partial charge in [0, 0.05) is 30.9 Å². The standard InChI is InChI=1S/C26H26N4O3/c1-18-9-14-24(31)21(15-18)17-27-29-26(33)23(28-25(32)20-7-5-4-6-8-20)16-19-10-12-22(13-11-19)30(2)3/h4-17,31H,1-3H3,(H,28,32)(H,29,33)/b23-16?,27-17+. The van der Waals surface area contributed by atoms with Crippen LogP contribution in [0, 0.1) is 6.92 Å². The Morgan fingerprint density at radius 3 is 2.33 bits per heavy atom. The second-order valence-corrected chi connectivity index (χ2v) is 7.63. The number of carbonyl (C=O) groups excluding carboxylic acids is 2. The van der Waals surface area contributed by atoms with E-state index in [9.17, 15) is 14.7 Å². The normalized spacial score (nSPS) is 11.3. The van der Waals surface area contributed by atoms with Gasteiger partial charge in [-0.2, -0.15) is 5.10 Å². The number of phenolic OH excluding ortho intramolecular Hbond substituents is 1.